The van der Waals surface area contributed by atoms with Crippen LogP contribution in [0, 0.1) is 0 Å². The second-order valence-electron chi connectivity index (χ2n) is 6.79. The molecule has 0 aliphatic carbocycles. The molecule has 5 nitrogen and oxygen atoms in total. The van der Waals surface area contributed by atoms with Crippen LogP contribution >= 0.6 is 0 Å². The lowest BCUT2D eigenvalue weighted by molar-refractivity contribution is -0.124. The molecule has 0 spiro atoms. The molecule has 3 N–H and O–H groups in total. The first-order valence-corrected chi connectivity index (χ1v) is 7.83. The van der Waals surface area contributed by atoms with Crippen LogP contribution in [0.25, 0.3) is 0 Å². The maximum atomic E-state index is 11.9. The monoisotopic (exact) mass is 284 g/mol. The van der Waals surface area contributed by atoms with E-state index in [1.54, 1.807) is 0 Å². The van der Waals surface area contributed by atoms with Gasteiger partial charge in [-0.3, -0.25) is 14.6 Å². The Morgan fingerprint density at radius 2 is 1.85 bits per heavy atom. The maximum absolute atomic E-state index is 11.9. The Kier molecular flexibility index (Phi) is 6.92. The molecule has 1 saturated heterocycles. The van der Waals surface area contributed by atoms with E-state index in [0.29, 0.717) is 12.6 Å². The Hall–Kier alpha value is -0.650. The van der Waals surface area contributed by atoms with Gasteiger partial charge in [-0.15, -0.1) is 0 Å². The summed E-state index contributed by atoms with van der Waals surface area (Å²) in [5.41, 5.74) is 5.71. The first-order chi connectivity index (χ1) is 9.35. The minimum atomic E-state index is -0.148. The van der Waals surface area contributed by atoms with E-state index < -0.39 is 0 Å². The molecule has 1 amide bonds. The molecular formula is C15H32N4O. The standard InChI is InChI=1S/C15H32N4O/c1-5-6-13(11-16)19-9-7-18(8-10-19)12-14(20)17-15(2,3)4/h13H,5-12,16H2,1-4H3,(H,17,20). The van der Waals surface area contributed by atoms with Crippen molar-refractivity contribution in [1.29, 1.82) is 0 Å². The third-order valence-corrected chi connectivity index (χ3v) is 3.70. The van der Waals surface area contributed by atoms with E-state index >= 15 is 0 Å². The molecule has 1 heterocycles. The summed E-state index contributed by atoms with van der Waals surface area (Å²) in [6.07, 6.45) is 2.34. The fourth-order valence-corrected chi connectivity index (χ4v) is 2.73. The van der Waals surface area contributed by atoms with Crippen LogP contribution in [0.1, 0.15) is 40.5 Å². The predicted molar refractivity (Wildman–Crippen MR) is 83.7 cm³/mol. The summed E-state index contributed by atoms with van der Waals surface area (Å²) in [5, 5.41) is 3.02. The summed E-state index contributed by atoms with van der Waals surface area (Å²) in [6.45, 7) is 13.4. The van der Waals surface area contributed by atoms with Crippen LogP contribution in [0.3, 0.4) is 0 Å². The summed E-state index contributed by atoms with van der Waals surface area (Å²) >= 11 is 0. The molecule has 1 unspecified atom stereocenters. The van der Waals surface area contributed by atoms with Crippen LogP contribution in [0.15, 0.2) is 0 Å². The predicted octanol–water partition coefficient (Wildman–Crippen LogP) is 0.646. The fraction of sp³-hybridized carbons (Fsp3) is 0.933. The molecule has 0 saturated carbocycles. The van der Waals surface area contributed by atoms with Gasteiger partial charge in [-0.2, -0.15) is 0 Å². The Morgan fingerprint density at radius 3 is 2.30 bits per heavy atom. The van der Waals surface area contributed by atoms with Crippen LogP contribution < -0.4 is 11.1 Å². The van der Waals surface area contributed by atoms with Gasteiger partial charge < -0.3 is 11.1 Å². The molecule has 0 radical (unpaired) electrons. The first-order valence-electron chi connectivity index (χ1n) is 7.83. The highest BCUT2D eigenvalue weighted by Crippen LogP contribution is 2.10. The number of rotatable bonds is 6. The summed E-state index contributed by atoms with van der Waals surface area (Å²) in [5.74, 6) is 0.120. The van der Waals surface area contributed by atoms with Crippen molar-refractivity contribution in [3.05, 3.63) is 0 Å². The molecule has 118 valence electrons. The van der Waals surface area contributed by atoms with Crippen molar-refractivity contribution in [3.8, 4) is 0 Å². The van der Waals surface area contributed by atoms with Gasteiger partial charge >= 0.3 is 0 Å². The van der Waals surface area contributed by atoms with Gasteiger partial charge in [0.05, 0.1) is 6.54 Å². The first kappa shape index (κ1) is 17.4. The highest BCUT2D eigenvalue weighted by Gasteiger charge is 2.24. The number of hydrogen-bond acceptors (Lipinski definition) is 4. The lowest BCUT2D eigenvalue weighted by Gasteiger charge is -2.39. The quantitative estimate of drug-likeness (QED) is 0.752. The lowest BCUT2D eigenvalue weighted by Crippen LogP contribution is -2.54. The van der Waals surface area contributed by atoms with Crippen molar-refractivity contribution in [1.82, 2.24) is 15.1 Å². The van der Waals surface area contributed by atoms with Crippen molar-refractivity contribution >= 4 is 5.91 Å². The molecule has 0 aromatic heterocycles. The normalized spacial score (nSPS) is 19.9. The smallest absolute Gasteiger partial charge is 0.234 e. The summed E-state index contributed by atoms with van der Waals surface area (Å²) in [4.78, 5) is 16.6. The molecule has 20 heavy (non-hydrogen) atoms. The number of nitrogens with two attached hydrogens (primary N) is 1. The van der Waals surface area contributed by atoms with E-state index in [-0.39, 0.29) is 11.4 Å². The molecule has 5 heteroatoms. The van der Waals surface area contributed by atoms with E-state index in [2.05, 4.69) is 22.0 Å². The van der Waals surface area contributed by atoms with Gasteiger partial charge in [0.1, 0.15) is 0 Å². The van der Waals surface area contributed by atoms with Gasteiger partial charge in [0.25, 0.3) is 0 Å². The second kappa shape index (κ2) is 7.96. The van der Waals surface area contributed by atoms with Gasteiger partial charge in [-0.1, -0.05) is 13.3 Å². The summed E-state index contributed by atoms with van der Waals surface area (Å²) in [6, 6.07) is 0.505. The topological polar surface area (TPSA) is 61.6 Å². The summed E-state index contributed by atoms with van der Waals surface area (Å²) in [7, 11) is 0. The molecule has 0 aromatic rings. The third-order valence-electron chi connectivity index (χ3n) is 3.70. The third kappa shape index (κ3) is 6.20. The van der Waals surface area contributed by atoms with Gasteiger partial charge in [-0.05, 0) is 27.2 Å². The largest absolute Gasteiger partial charge is 0.350 e. The number of hydrogen-bond donors (Lipinski definition) is 2. The molecule has 1 fully saturated rings. The average molecular weight is 284 g/mol. The minimum Gasteiger partial charge on any atom is -0.350 e. The second-order valence-corrected chi connectivity index (χ2v) is 6.79. The van der Waals surface area contributed by atoms with Gasteiger partial charge in [0.15, 0.2) is 0 Å². The molecule has 1 atom stereocenters. The molecular weight excluding hydrogens is 252 g/mol. The molecule has 0 bridgehead atoms. The van der Waals surface area contributed by atoms with E-state index in [9.17, 15) is 4.79 Å². The van der Waals surface area contributed by atoms with Crippen LogP contribution in [0.2, 0.25) is 0 Å². The lowest BCUT2D eigenvalue weighted by atomic mass is 10.1. The highest BCUT2D eigenvalue weighted by molar-refractivity contribution is 5.78. The highest BCUT2D eigenvalue weighted by atomic mass is 16.2. The summed E-state index contributed by atoms with van der Waals surface area (Å²) < 4.78 is 0. The van der Waals surface area contributed by atoms with Gasteiger partial charge in [0, 0.05) is 44.3 Å². The zero-order valence-electron chi connectivity index (χ0n) is 13.6. The molecule has 1 aliphatic rings. The number of nitrogens with zero attached hydrogens (tertiary/aromatic N) is 2. The van der Waals surface area contributed by atoms with E-state index in [1.807, 2.05) is 20.8 Å². The molecule has 0 aromatic carbocycles. The molecule has 1 aliphatic heterocycles. The fourth-order valence-electron chi connectivity index (χ4n) is 2.73. The van der Waals surface area contributed by atoms with Crippen LogP contribution in [-0.2, 0) is 4.79 Å². The van der Waals surface area contributed by atoms with Crippen molar-refractivity contribution in [2.75, 3.05) is 39.3 Å². The van der Waals surface area contributed by atoms with Crippen LogP contribution in [0.4, 0.5) is 0 Å². The Balaban J connectivity index is 2.33. The minimum absolute atomic E-state index is 0.120. The maximum Gasteiger partial charge on any atom is 0.234 e. The van der Waals surface area contributed by atoms with Crippen molar-refractivity contribution in [2.45, 2.75) is 52.1 Å². The van der Waals surface area contributed by atoms with Crippen LogP contribution in [0.5, 0.6) is 0 Å². The number of carbonyl (C=O) groups excluding carboxylic acids is 1. The van der Waals surface area contributed by atoms with Crippen LogP contribution in [-0.4, -0.2) is 66.6 Å². The number of amides is 1. The van der Waals surface area contributed by atoms with Gasteiger partial charge in [-0.25, -0.2) is 0 Å². The van der Waals surface area contributed by atoms with E-state index in [0.717, 1.165) is 32.7 Å². The van der Waals surface area contributed by atoms with Crippen molar-refractivity contribution in [3.63, 3.8) is 0 Å². The Bertz CT molecular complexity index is 293. The van der Waals surface area contributed by atoms with Gasteiger partial charge in [0.2, 0.25) is 5.91 Å². The Morgan fingerprint density at radius 1 is 1.25 bits per heavy atom. The average Bonchev–Trinajstić information content (AvgIpc) is 2.34. The number of carbonyl (C=O) groups is 1. The molecule has 1 rings (SSSR count). The van der Waals surface area contributed by atoms with Crippen molar-refractivity contribution < 1.29 is 4.79 Å². The zero-order chi connectivity index (χ0) is 15.2. The van der Waals surface area contributed by atoms with Crippen molar-refractivity contribution in [2.24, 2.45) is 5.73 Å². The van der Waals surface area contributed by atoms with E-state index in [4.69, 9.17) is 5.73 Å². The van der Waals surface area contributed by atoms with E-state index in [1.165, 1.54) is 12.8 Å². The Labute approximate surface area is 123 Å². The SMILES string of the molecule is CCCC(CN)N1CCN(CC(=O)NC(C)(C)C)CC1. The zero-order valence-corrected chi connectivity index (χ0v) is 13.6. The number of piperazine rings is 1. The number of nitrogens with one attached hydrogen (secondary N) is 1.